The Morgan fingerprint density at radius 2 is 1.83 bits per heavy atom. The van der Waals surface area contributed by atoms with Gasteiger partial charge in [0, 0.05) is 27.4 Å². The van der Waals surface area contributed by atoms with Crippen molar-refractivity contribution in [1.29, 1.82) is 0 Å². The van der Waals surface area contributed by atoms with Gasteiger partial charge in [-0.2, -0.15) is 0 Å². The van der Waals surface area contributed by atoms with E-state index >= 15 is 0 Å². The molecule has 35 heavy (non-hydrogen) atoms. The van der Waals surface area contributed by atoms with Crippen molar-refractivity contribution in [3.8, 4) is 5.00 Å². The molecule has 1 atom stereocenters. The molecule has 8 heteroatoms. The number of hydrogen-bond donors (Lipinski definition) is 1. The molecule has 0 spiro atoms. The van der Waals surface area contributed by atoms with Gasteiger partial charge in [0.25, 0.3) is 0 Å². The van der Waals surface area contributed by atoms with Gasteiger partial charge in [-0.25, -0.2) is 0 Å². The highest BCUT2D eigenvalue weighted by Crippen LogP contribution is 2.39. The van der Waals surface area contributed by atoms with Crippen molar-refractivity contribution in [3.63, 3.8) is 0 Å². The predicted octanol–water partition coefficient (Wildman–Crippen LogP) is 5.76. The van der Waals surface area contributed by atoms with Crippen LogP contribution in [0.5, 0.6) is 0 Å². The number of hydrogen-bond acceptors (Lipinski definition) is 7. The van der Waals surface area contributed by atoms with Gasteiger partial charge < -0.3 is 10.1 Å². The minimum Gasteiger partial charge on any atom is -0.469 e. The maximum atomic E-state index is 12.3. The highest BCUT2D eigenvalue weighted by Gasteiger charge is 2.32. The molecule has 7 nitrogen and oxygen atoms in total. The predicted molar refractivity (Wildman–Crippen MR) is 139 cm³/mol. The lowest BCUT2D eigenvalue weighted by Crippen LogP contribution is -2.12. The molecule has 0 saturated heterocycles. The van der Waals surface area contributed by atoms with E-state index in [0.717, 1.165) is 39.0 Å². The maximum Gasteiger partial charge on any atom is 0.308 e. The summed E-state index contributed by atoms with van der Waals surface area (Å²) in [6.45, 7) is 8.24. The van der Waals surface area contributed by atoms with E-state index in [0.29, 0.717) is 5.82 Å². The standard InChI is InChI=1S/C27H27N5O2S/c1-15-7-6-8-21(13-15)28-20-11-9-19(10-12-20)25-24-16(2)17(3)35-27(24)32-18(4)30-31-26(32)22(29-25)14-23(33)34-5/h6-13,22,28H,14H2,1-5H3/t22-/m0/s1. The number of aryl methyl sites for hydroxylation is 3. The Kier molecular flexibility index (Phi) is 5.98. The third-order valence-electron chi connectivity index (χ3n) is 6.29. The average molecular weight is 486 g/mol. The molecule has 0 aliphatic carbocycles. The Labute approximate surface area is 208 Å². The second-order valence-electron chi connectivity index (χ2n) is 8.75. The zero-order valence-corrected chi connectivity index (χ0v) is 21.2. The summed E-state index contributed by atoms with van der Waals surface area (Å²) in [6.07, 6.45) is 0.0953. The van der Waals surface area contributed by atoms with Crippen LogP contribution in [0.1, 0.15) is 51.2 Å². The molecule has 2 aromatic carbocycles. The van der Waals surface area contributed by atoms with E-state index in [1.165, 1.54) is 23.1 Å². The third kappa shape index (κ3) is 4.25. The summed E-state index contributed by atoms with van der Waals surface area (Å²) in [5.41, 5.74) is 7.30. The zero-order valence-electron chi connectivity index (χ0n) is 20.4. The Morgan fingerprint density at radius 1 is 1.06 bits per heavy atom. The number of methoxy groups -OCH3 is 1. The summed E-state index contributed by atoms with van der Waals surface area (Å²) < 4.78 is 7.01. The Balaban J connectivity index is 1.60. The third-order valence-corrected chi connectivity index (χ3v) is 7.48. The molecular weight excluding hydrogens is 458 g/mol. The van der Waals surface area contributed by atoms with E-state index < -0.39 is 6.04 Å². The Bertz CT molecular complexity index is 1450. The van der Waals surface area contributed by atoms with E-state index in [9.17, 15) is 4.79 Å². The summed E-state index contributed by atoms with van der Waals surface area (Å²) in [5.74, 6) is 1.09. The molecule has 5 rings (SSSR count). The lowest BCUT2D eigenvalue weighted by atomic mass is 9.99. The fraction of sp³-hybridized carbons (Fsp3) is 0.259. The van der Waals surface area contributed by atoms with Crippen LogP contribution in [0.15, 0.2) is 53.5 Å². The van der Waals surface area contributed by atoms with Crippen LogP contribution in [-0.4, -0.2) is 33.6 Å². The quantitative estimate of drug-likeness (QED) is 0.364. The van der Waals surface area contributed by atoms with E-state index in [2.05, 4.69) is 78.7 Å². The van der Waals surface area contributed by atoms with Gasteiger partial charge in [-0.15, -0.1) is 21.5 Å². The summed E-state index contributed by atoms with van der Waals surface area (Å²) in [4.78, 5) is 18.6. The van der Waals surface area contributed by atoms with Gasteiger partial charge >= 0.3 is 5.97 Å². The monoisotopic (exact) mass is 485 g/mol. The van der Waals surface area contributed by atoms with Crippen LogP contribution < -0.4 is 5.32 Å². The van der Waals surface area contributed by atoms with E-state index in [1.807, 2.05) is 17.6 Å². The number of ether oxygens (including phenoxy) is 1. The van der Waals surface area contributed by atoms with Crippen molar-refractivity contribution in [2.75, 3.05) is 12.4 Å². The van der Waals surface area contributed by atoms with Gasteiger partial charge in [0.2, 0.25) is 0 Å². The number of aromatic nitrogens is 3. The van der Waals surface area contributed by atoms with Crippen LogP contribution in [0.2, 0.25) is 0 Å². The van der Waals surface area contributed by atoms with Gasteiger partial charge in [0.05, 0.1) is 19.2 Å². The van der Waals surface area contributed by atoms with Crippen molar-refractivity contribution < 1.29 is 9.53 Å². The van der Waals surface area contributed by atoms with Crippen LogP contribution in [-0.2, 0) is 9.53 Å². The number of carbonyl (C=O) groups excluding carboxylic acids is 1. The minimum atomic E-state index is -0.497. The van der Waals surface area contributed by atoms with Crippen LogP contribution in [0, 0.1) is 27.7 Å². The number of aliphatic imine (C=N–C) groups is 1. The van der Waals surface area contributed by atoms with Gasteiger partial charge in [0.1, 0.15) is 16.9 Å². The molecule has 4 aromatic rings. The fourth-order valence-corrected chi connectivity index (χ4v) is 5.58. The average Bonchev–Trinajstić information content (AvgIpc) is 3.31. The van der Waals surface area contributed by atoms with Gasteiger partial charge in [0.15, 0.2) is 5.82 Å². The smallest absolute Gasteiger partial charge is 0.308 e. The molecule has 1 aliphatic heterocycles. The highest BCUT2D eigenvalue weighted by atomic mass is 32.1. The number of anilines is 2. The number of nitrogens with zero attached hydrogens (tertiary/aromatic N) is 4. The molecule has 1 N–H and O–H groups in total. The number of thiophene rings is 1. The Morgan fingerprint density at radius 3 is 2.54 bits per heavy atom. The number of rotatable bonds is 5. The fourth-order valence-electron chi connectivity index (χ4n) is 4.37. The van der Waals surface area contributed by atoms with Crippen molar-refractivity contribution in [2.24, 2.45) is 4.99 Å². The lowest BCUT2D eigenvalue weighted by Gasteiger charge is -2.12. The first kappa shape index (κ1) is 23.0. The maximum absolute atomic E-state index is 12.3. The lowest BCUT2D eigenvalue weighted by molar-refractivity contribution is -0.141. The first-order chi connectivity index (χ1) is 16.9. The summed E-state index contributed by atoms with van der Waals surface area (Å²) in [5, 5.41) is 13.2. The molecule has 0 saturated carbocycles. The molecule has 1 aliphatic rings. The minimum absolute atomic E-state index is 0.0953. The zero-order chi connectivity index (χ0) is 24.7. The van der Waals surface area contributed by atoms with Gasteiger partial charge in [-0.3, -0.25) is 14.4 Å². The second kappa shape index (κ2) is 9.11. The molecule has 0 unspecified atom stereocenters. The second-order valence-corrected chi connectivity index (χ2v) is 9.95. The molecule has 2 aromatic heterocycles. The molecule has 0 radical (unpaired) electrons. The molecule has 3 heterocycles. The van der Waals surface area contributed by atoms with Crippen LogP contribution >= 0.6 is 11.3 Å². The summed E-state index contributed by atoms with van der Waals surface area (Å²) in [6, 6.07) is 16.0. The number of esters is 1. The molecular formula is C27H27N5O2S. The van der Waals surface area contributed by atoms with Crippen molar-refractivity contribution >= 4 is 34.4 Å². The van der Waals surface area contributed by atoms with Gasteiger partial charge in [-0.05, 0) is 63.1 Å². The van der Waals surface area contributed by atoms with Crippen LogP contribution in [0.25, 0.3) is 5.00 Å². The molecule has 178 valence electrons. The summed E-state index contributed by atoms with van der Waals surface area (Å²) >= 11 is 1.70. The van der Waals surface area contributed by atoms with Gasteiger partial charge in [-0.1, -0.05) is 24.3 Å². The normalized spacial score (nSPS) is 14.5. The molecule has 0 bridgehead atoms. The number of nitrogens with one attached hydrogen (secondary N) is 1. The Hall–Kier alpha value is -3.78. The first-order valence-corrected chi connectivity index (χ1v) is 12.3. The number of fused-ring (bicyclic) bond motifs is 3. The van der Waals surface area contributed by atoms with E-state index in [1.54, 1.807) is 11.3 Å². The number of carbonyl (C=O) groups is 1. The van der Waals surface area contributed by atoms with Crippen molar-refractivity contribution in [3.05, 3.63) is 87.3 Å². The van der Waals surface area contributed by atoms with E-state index in [-0.39, 0.29) is 12.4 Å². The molecule has 0 amide bonds. The topological polar surface area (TPSA) is 81.4 Å². The largest absolute Gasteiger partial charge is 0.469 e. The van der Waals surface area contributed by atoms with Crippen molar-refractivity contribution in [2.45, 2.75) is 40.2 Å². The van der Waals surface area contributed by atoms with E-state index in [4.69, 9.17) is 9.73 Å². The van der Waals surface area contributed by atoms with Crippen LogP contribution in [0.3, 0.4) is 0 Å². The SMILES string of the molecule is COC(=O)C[C@@H]1N=C(c2ccc(Nc3cccc(C)c3)cc2)c2c(sc(C)c2C)-n2c(C)nnc21. The van der Waals surface area contributed by atoms with Crippen LogP contribution in [0.4, 0.5) is 11.4 Å². The van der Waals surface area contributed by atoms with Crippen molar-refractivity contribution in [1.82, 2.24) is 14.8 Å². The number of benzene rings is 2. The molecule has 0 fully saturated rings. The summed E-state index contributed by atoms with van der Waals surface area (Å²) in [7, 11) is 1.39. The highest BCUT2D eigenvalue weighted by molar-refractivity contribution is 7.15. The first-order valence-electron chi connectivity index (χ1n) is 11.5.